The van der Waals surface area contributed by atoms with Gasteiger partial charge in [-0.3, -0.25) is 10.1 Å². The van der Waals surface area contributed by atoms with Crippen molar-refractivity contribution < 1.29 is 27.5 Å². The highest BCUT2D eigenvalue weighted by Gasteiger charge is 2.24. The molecule has 2 N–H and O–H groups in total. The first-order valence-corrected chi connectivity index (χ1v) is 8.94. The number of sulfonamides is 1. The van der Waals surface area contributed by atoms with Crippen molar-refractivity contribution in [3.05, 3.63) is 29.8 Å². The Hall–Kier alpha value is -2.46. The zero-order chi connectivity index (χ0) is 18.6. The quantitative estimate of drug-likeness (QED) is 0.685. The molecule has 1 aliphatic carbocycles. The summed E-state index contributed by atoms with van der Waals surface area (Å²) in [5.41, 5.74) is 0.0907. The Bertz CT molecular complexity index is 769. The summed E-state index contributed by atoms with van der Waals surface area (Å²) in [5.74, 6) is -1.55. The lowest BCUT2D eigenvalue weighted by Crippen LogP contribution is -2.42. The van der Waals surface area contributed by atoms with E-state index in [1.807, 2.05) is 5.32 Å². The minimum Gasteiger partial charge on any atom is -0.452 e. The Kier molecular flexibility index (Phi) is 5.75. The van der Waals surface area contributed by atoms with Crippen LogP contribution in [0.5, 0.6) is 0 Å². The first kappa shape index (κ1) is 18.9. The molecule has 1 saturated carbocycles. The smallest absolute Gasteiger partial charge is 0.338 e. The third kappa shape index (κ3) is 5.26. The van der Waals surface area contributed by atoms with Crippen molar-refractivity contribution in [1.82, 2.24) is 14.9 Å². The van der Waals surface area contributed by atoms with E-state index in [1.165, 1.54) is 38.4 Å². The van der Waals surface area contributed by atoms with Crippen LogP contribution in [0.2, 0.25) is 0 Å². The van der Waals surface area contributed by atoms with Gasteiger partial charge in [0.05, 0.1) is 10.5 Å². The Morgan fingerprint density at radius 1 is 1.16 bits per heavy atom. The lowest BCUT2D eigenvalue weighted by atomic mass is 10.2. The number of urea groups is 1. The number of nitrogens with zero attached hydrogens (tertiary/aromatic N) is 1. The van der Waals surface area contributed by atoms with Gasteiger partial charge >= 0.3 is 12.0 Å². The van der Waals surface area contributed by atoms with Crippen molar-refractivity contribution in [3.63, 3.8) is 0 Å². The summed E-state index contributed by atoms with van der Waals surface area (Å²) in [7, 11) is -0.794. The summed E-state index contributed by atoms with van der Waals surface area (Å²) < 4.78 is 29.7. The van der Waals surface area contributed by atoms with E-state index in [-0.39, 0.29) is 16.5 Å². The van der Waals surface area contributed by atoms with E-state index < -0.39 is 34.5 Å². The number of carbonyl (C=O) groups excluding carboxylic acids is 3. The molecule has 1 fully saturated rings. The van der Waals surface area contributed by atoms with Gasteiger partial charge in [-0.05, 0) is 37.1 Å². The summed E-state index contributed by atoms with van der Waals surface area (Å²) in [6.45, 7) is -0.616. The molecular formula is C15H19N3O6S. The average Bonchev–Trinajstić information content (AvgIpc) is 3.36. The van der Waals surface area contributed by atoms with E-state index in [1.54, 1.807) is 0 Å². The fourth-order valence-corrected chi connectivity index (χ4v) is 2.70. The predicted octanol–water partition coefficient (Wildman–Crippen LogP) is 0.0819. The number of imide groups is 1. The topological polar surface area (TPSA) is 122 Å². The summed E-state index contributed by atoms with van der Waals surface area (Å²) in [5, 5.41) is 4.61. The number of ether oxygens (including phenoxy) is 1. The average molecular weight is 369 g/mol. The molecule has 0 heterocycles. The number of rotatable bonds is 6. The van der Waals surface area contributed by atoms with Crippen LogP contribution in [0.3, 0.4) is 0 Å². The molecule has 0 atom stereocenters. The standard InChI is InChI=1S/C15H19N3O6S/c1-18(2)25(22,23)12-7-3-10(4-8-12)14(20)24-9-13(19)17-15(21)16-11-5-6-11/h3-4,7-8,11H,5-6,9H2,1-2H3,(H2,16,17,19,21). The zero-order valence-electron chi connectivity index (χ0n) is 13.8. The number of hydrogen-bond donors (Lipinski definition) is 2. The van der Waals surface area contributed by atoms with Crippen LogP contribution in [0.1, 0.15) is 23.2 Å². The van der Waals surface area contributed by atoms with Crippen molar-refractivity contribution in [2.24, 2.45) is 0 Å². The van der Waals surface area contributed by atoms with Crippen molar-refractivity contribution in [2.75, 3.05) is 20.7 Å². The molecule has 1 aromatic rings. The molecule has 0 saturated heterocycles. The van der Waals surface area contributed by atoms with Gasteiger partial charge in [0.15, 0.2) is 6.61 Å². The van der Waals surface area contributed by atoms with Crippen molar-refractivity contribution >= 4 is 27.9 Å². The summed E-state index contributed by atoms with van der Waals surface area (Å²) in [4.78, 5) is 34.8. The maximum Gasteiger partial charge on any atom is 0.338 e. The normalized spacial score (nSPS) is 14.0. The molecule has 2 rings (SSSR count). The molecule has 3 amide bonds. The SMILES string of the molecule is CN(C)S(=O)(=O)c1ccc(C(=O)OCC(=O)NC(=O)NC2CC2)cc1. The molecule has 25 heavy (non-hydrogen) atoms. The highest BCUT2D eigenvalue weighted by atomic mass is 32.2. The minimum atomic E-state index is -3.59. The third-order valence-electron chi connectivity index (χ3n) is 3.37. The monoisotopic (exact) mass is 369 g/mol. The first-order chi connectivity index (χ1) is 11.7. The lowest BCUT2D eigenvalue weighted by molar-refractivity contribution is -0.123. The van der Waals surface area contributed by atoms with Gasteiger partial charge in [-0.15, -0.1) is 0 Å². The molecule has 0 unspecified atom stereocenters. The van der Waals surface area contributed by atoms with E-state index >= 15 is 0 Å². The maximum atomic E-state index is 11.9. The molecule has 9 nitrogen and oxygen atoms in total. The zero-order valence-corrected chi connectivity index (χ0v) is 14.6. The number of hydrogen-bond acceptors (Lipinski definition) is 6. The molecule has 1 aromatic carbocycles. The molecule has 0 aliphatic heterocycles. The maximum absolute atomic E-state index is 11.9. The van der Waals surface area contributed by atoms with Crippen LogP contribution < -0.4 is 10.6 Å². The molecule has 10 heteroatoms. The Balaban J connectivity index is 1.86. The predicted molar refractivity (Wildman–Crippen MR) is 87.3 cm³/mol. The van der Waals surface area contributed by atoms with Gasteiger partial charge in [0.2, 0.25) is 10.0 Å². The molecule has 1 aliphatic rings. The molecule has 136 valence electrons. The van der Waals surface area contributed by atoms with Crippen molar-refractivity contribution in [1.29, 1.82) is 0 Å². The largest absolute Gasteiger partial charge is 0.452 e. The molecule has 0 radical (unpaired) electrons. The van der Waals surface area contributed by atoms with E-state index in [0.717, 1.165) is 17.1 Å². The number of benzene rings is 1. The molecule has 0 bridgehead atoms. The fraction of sp³-hybridized carbons (Fsp3) is 0.400. The van der Waals surface area contributed by atoms with Gasteiger partial charge in [-0.2, -0.15) is 0 Å². The van der Waals surface area contributed by atoms with Gasteiger partial charge in [-0.25, -0.2) is 22.3 Å². The number of nitrogens with one attached hydrogen (secondary N) is 2. The van der Waals surface area contributed by atoms with E-state index in [9.17, 15) is 22.8 Å². The molecule has 0 aromatic heterocycles. The Morgan fingerprint density at radius 3 is 2.28 bits per heavy atom. The lowest BCUT2D eigenvalue weighted by Gasteiger charge is -2.11. The van der Waals surface area contributed by atoms with E-state index in [4.69, 9.17) is 4.74 Å². The highest BCUT2D eigenvalue weighted by Crippen LogP contribution is 2.18. The summed E-state index contributed by atoms with van der Waals surface area (Å²) >= 11 is 0. The van der Waals surface area contributed by atoms with Crippen LogP contribution in [0, 0.1) is 0 Å². The number of carbonyl (C=O) groups is 3. The fourth-order valence-electron chi connectivity index (χ4n) is 1.80. The summed E-state index contributed by atoms with van der Waals surface area (Å²) in [6.07, 6.45) is 1.77. The van der Waals surface area contributed by atoms with Crippen molar-refractivity contribution in [3.8, 4) is 0 Å². The van der Waals surface area contributed by atoms with Gasteiger partial charge in [0.25, 0.3) is 5.91 Å². The third-order valence-corrected chi connectivity index (χ3v) is 5.20. The number of amides is 3. The molecule has 0 spiro atoms. The second-order valence-electron chi connectivity index (χ2n) is 5.68. The van der Waals surface area contributed by atoms with Gasteiger partial charge in [-0.1, -0.05) is 0 Å². The van der Waals surface area contributed by atoms with Crippen LogP contribution in [0.15, 0.2) is 29.2 Å². The second-order valence-corrected chi connectivity index (χ2v) is 7.84. The van der Waals surface area contributed by atoms with Crippen LogP contribution in [0.25, 0.3) is 0 Å². The van der Waals surface area contributed by atoms with Crippen LogP contribution in [-0.2, 0) is 19.6 Å². The minimum absolute atomic E-state index is 0.0311. The van der Waals surface area contributed by atoms with Crippen LogP contribution in [-0.4, -0.2) is 57.4 Å². The number of esters is 1. The van der Waals surface area contributed by atoms with Gasteiger partial charge in [0.1, 0.15) is 0 Å². The van der Waals surface area contributed by atoms with Gasteiger partial charge < -0.3 is 10.1 Å². The highest BCUT2D eigenvalue weighted by molar-refractivity contribution is 7.89. The Labute approximate surface area is 145 Å². The van der Waals surface area contributed by atoms with Crippen LogP contribution >= 0.6 is 0 Å². The molecular weight excluding hydrogens is 350 g/mol. The van der Waals surface area contributed by atoms with E-state index in [0.29, 0.717) is 0 Å². The Morgan fingerprint density at radius 2 is 1.76 bits per heavy atom. The summed E-state index contributed by atoms with van der Waals surface area (Å²) in [6, 6.07) is 4.60. The van der Waals surface area contributed by atoms with Crippen molar-refractivity contribution in [2.45, 2.75) is 23.8 Å². The second kappa shape index (κ2) is 7.62. The van der Waals surface area contributed by atoms with Gasteiger partial charge in [0, 0.05) is 20.1 Å². The first-order valence-electron chi connectivity index (χ1n) is 7.50. The van der Waals surface area contributed by atoms with E-state index in [2.05, 4.69) is 5.32 Å². The van der Waals surface area contributed by atoms with Crippen LogP contribution in [0.4, 0.5) is 4.79 Å².